The molecule has 1 aliphatic heterocycles. The van der Waals surface area contributed by atoms with Crippen LogP contribution in [0.2, 0.25) is 0 Å². The molecule has 1 unspecified atom stereocenters. The molecule has 0 aliphatic carbocycles. The predicted octanol–water partition coefficient (Wildman–Crippen LogP) is 3.63. The number of hydrogen-bond donors (Lipinski definition) is 1. The van der Waals surface area contributed by atoms with E-state index < -0.39 is 34.9 Å². The predicted molar refractivity (Wildman–Crippen MR) is 77.5 cm³/mol. The van der Waals surface area contributed by atoms with Gasteiger partial charge in [0.1, 0.15) is 0 Å². The van der Waals surface area contributed by atoms with Crippen LogP contribution >= 0.6 is 0 Å². The molecule has 0 aromatic heterocycles. The van der Waals surface area contributed by atoms with Crippen LogP contribution in [0.1, 0.15) is 38.3 Å². The first-order valence-electron chi connectivity index (χ1n) is 7.75. The third-order valence-corrected chi connectivity index (χ3v) is 4.27. The second-order valence-corrected chi connectivity index (χ2v) is 5.88. The lowest BCUT2D eigenvalue weighted by molar-refractivity contribution is 0.118. The van der Waals surface area contributed by atoms with E-state index in [1.165, 1.54) is 0 Å². The Hall–Kier alpha value is -1.14. The summed E-state index contributed by atoms with van der Waals surface area (Å²) >= 11 is 0. The number of hydrogen-bond acceptors (Lipinski definition) is 2. The van der Waals surface area contributed by atoms with Crippen molar-refractivity contribution in [3.63, 3.8) is 0 Å². The molecule has 0 radical (unpaired) electrons. The van der Waals surface area contributed by atoms with Crippen LogP contribution in [0.4, 0.5) is 17.6 Å². The maximum Gasteiger partial charge on any atom is 0.166 e. The summed E-state index contributed by atoms with van der Waals surface area (Å²) in [5.74, 6) is -5.32. The highest BCUT2D eigenvalue weighted by atomic mass is 19.2. The van der Waals surface area contributed by atoms with Gasteiger partial charge in [0.25, 0.3) is 0 Å². The van der Waals surface area contributed by atoms with E-state index in [4.69, 9.17) is 0 Å². The molecule has 2 rings (SSSR count). The van der Waals surface area contributed by atoms with Crippen molar-refractivity contribution in [1.29, 1.82) is 0 Å². The number of benzene rings is 1. The summed E-state index contributed by atoms with van der Waals surface area (Å²) < 4.78 is 55.6. The molecule has 1 heterocycles. The van der Waals surface area contributed by atoms with Crippen molar-refractivity contribution in [1.82, 2.24) is 10.2 Å². The lowest BCUT2D eigenvalue weighted by Gasteiger charge is -2.39. The minimum Gasteiger partial charge on any atom is -0.314 e. The zero-order valence-electron chi connectivity index (χ0n) is 12.9. The zero-order chi connectivity index (χ0) is 16.3. The number of nitrogens with one attached hydrogen (secondary N) is 1. The van der Waals surface area contributed by atoms with Crippen molar-refractivity contribution < 1.29 is 17.6 Å². The largest absolute Gasteiger partial charge is 0.314 e. The summed E-state index contributed by atoms with van der Waals surface area (Å²) in [7, 11) is 0. The van der Waals surface area contributed by atoms with E-state index in [9.17, 15) is 17.6 Å². The fourth-order valence-corrected chi connectivity index (χ4v) is 3.25. The Balaban J connectivity index is 2.48. The molecular weight excluding hydrogens is 296 g/mol. The Morgan fingerprint density at radius 2 is 1.64 bits per heavy atom. The smallest absolute Gasteiger partial charge is 0.166 e. The molecule has 2 nitrogen and oxygen atoms in total. The topological polar surface area (TPSA) is 15.3 Å². The van der Waals surface area contributed by atoms with Gasteiger partial charge in [0.2, 0.25) is 0 Å². The van der Waals surface area contributed by atoms with Crippen LogP contribution in [0.3, 0.4) is 0 Å². The molecule has 1 N–H and O–H groups in total. The van der Waals surface area contributed by atoms with Crippen molar-refractivity contribution >= 4 is 0 Å². The van der Waals surface area contributed by atoms with Gasteiger partial charge in [-0.05, 0) is 12.3 Å². The molecule has 22 heavy (non-hydrogen) atoms. The van der Waals surface area contributed by atoms with E-state index in [0.29, 0.717) is 26.2 Å². The van der Waals surface area contributed by atoms with E-state index in [1.807, 2.05) is 18.7 Å². The number of nitrogens with zero attached hydrogens (tertiary/aromatic N) is 1. The van der Waals surface area contributed by atoms with Crippen molar-refractivity contribution in [2.75, 3.05) is 26.2 Å². The van der Waals surface area contributed by atoms with E-state index in [2.05, 4.69) is 5.32 Å². The first-order valence-corrected chi connectivity index (χ1v) is 7.75. The summed E-state index contributed by atoms with van der Waals surface area (Å²) in [6.45, 7) is 6.42. The molecule has 1 aromatic carbocycles. The third-order valence-electron chi connectivity index (χ3n) is 4.27. The zero-order valence-corrected chi connectivity index (χ0v) is 12.9. The van der Waals surface area contributed by atoms with Gasteiger partial charge < -0.3 is 5.32 Å². The van der Waals surface area contributed by atoms with Gasteiger partial charge in [-0.1, -0.05) is 20.3 Å². The van der Waals surface area contributed by atoms with Crippen molar-refractivity contribution in [3.05, 3.63) is 34.9 Å². The molecule has 1 aromatic rings. The van der Waals surface area contributed by atoms with Gasteiger partial charge in [-0.25, -0.2) is 17.6 Å². The maximum atomic E-state index is 14.2. The summed E-state index contributed by atoms with van der Waals surface area (Å²) in [5, 5.41) is 3.17. The van der Waals surface area contributed by atoms with E-state index >= 15 is 0 Å². The summed E-state index contributed by atoms with van der Waals surface area (Å²) in [6, 6.07) is -0.389. The van der Waals surface area contributed by atoms with Gasteiger partial charge in [-0.15, -0.1) is 0 Å². The molecule has 2 atom stereocenters. The summed E-state index contributed by atoms with van der Waals surface area (Å²) in [4.78, 5) is 1.91. The normalized spacial score (nSPS) is 19.2. The van der Waals surface area contributed by atoms with Crippen LogP contribution in [0, 0.1) is 29.2 Å². The first kappa shape index (κ1) is 17.2. The average molecular weight is 318 g/mol. The first-order chi connectivity index (χ1) is 10.5. The van der Waals surface area contributed by atoms with Crippen molar-refractivity contribution in [3.8, 4) is 0 Å². The Morgan fingerprint density at radius 1 is 1.09 bits per heavy atom. The molecule has 0 spiro atoms. The van der Waals surface area contributed by atoms with Crippen molar-refractivity contribution in [2.45, 2.75) is 32.7 Å². The Labute approximate surface area is 128 Å². The fourth-order valence-electron chi connectivity index (χ4n) is 3.25. The molecule has 6 heteroatoms. The van der Waals surface area contributed by atoms with Crippen LogP contribution in [0.15, 0.2) is 6.07 Å². The van der Waals surface area contributed by atoms with Crippen LogP contribution < -0.4 is 5.32 Å². The molecular formula is C16H22F4N2. The molecule has 1 aliphatic rings. The second kappa shape index (κ2) is 7.42. The van der Waals surface area contributed by atoms with Crippen LogP contribution in [-0.4, -0.2) is 31.1 Å². The third kappa shape index (κ3) is 3.43. The highest BCUT2D eigenvalue weighted by molar-refractivity contribution is 5.26. The standard InChI is InChI=1S/C16H22F4N2/c1-3-4-10(2)16(22-7-5-21-6-8-22)13-14(19)11(17)9-12(18)15(13)20/h9-10,16,21H,3-8H2,1-2H3/t10?,16-/m1/s1. The quantitative estimate of drug-likeness (QED) is 0.659. The minimum absolute atomic E-state index is 0.103. The van der Waals surface area contributed by atoms with Crippen molar-refractivity contribution in [2.24, 2.45) is 5.92 Å². The Morgan fingerprint density at radius 3 is 2.14 bits per heavy atom. The molecule has 1 saturated heterocycles. The van der Waals surface area contributed by atoms with Crippen LogP contribution in [0.25, 0.3) is 0 Å². The number of halogens is 4. The lowest BCUT2D eigenvalue weighted by atomic mass is 9.88. The minimum atomic E-state index is -1.34. The Kier molecular flexibility index (Phi) is 5.81. The molecule has 0 amide bonds. The van der Waals surface area contributed by atoms with Gasteiger partial charge in [0.15, 0.2) is 23.3 Å². The Bertz CT molecular complexity index is 489. The van der Waals surface area contributed by atoms with E-state index in [1.54, 1.807) is 0 Å². The molecule has 1 fully saturated rings. The average Bonchev–Trinajstić information content (AvgIpc) is 2.50. The second-order valence-electron chi connectivity index (χ2n) is 5.88. The van der Waals surface area contributed by atoms with Gasteiger partial charge in [0.05, 0.1) is 0 Å². The highest BCUT2D eigenvalue weighted by Crippen LogP contribution is 2.36. The van der Waals surface area contributed by atoms with Crippen LogP contribution in [-0.2, 0) is 0 Å². The number of rotatable bonds is 5. The fraction of sp³-hybridized carbons (Fsp3) is 0.625. The van der Waals surface area contributed by atoms with Gasteiger partial charge in [-0.2, -0.15) is 0 Å². The van der Waals surface area contributed by atoms with E-state index in [-0.39, 0.29) is 12.0 Å². The monoisotopic (exact) mass is 318 g/mol. The SMILES string of the molecule is CCCC(C)[C@H](c1c(F)c(F)cc(F)c1F)N1CCNCC1. The lowest BCUT2D eigenvalue weighted by Crippen LogP contribution is -2.47. The summed E-state index contributed by atoms with van der Waals surface area (Å²) in [5.41, 5.74) is -0.472. The van der Waals surface area contributed by atoms with Gasteiger partial charge in [0, 0.05) is 43.9 Å². The van der Waals surface area contributed by atoms with E-state index in [0.717, 1.165) is 12.8 Å². The molecule has 124 valence electrons. The summed E-state index contributed by atoms with van der Waals surface area (Å²) in [6.07, 6.45) is 1.57. The maximum absolute atomic E-state index is 14.2. The van der Waals surface area contributed by atoms with Crippen LogP contribution in [0.5, 0.6) is 0 Å². The van der Waals surface area contributed by atoms with Gasteiger partial charge in [-0.3, -0.25) is 4.90 Å². The van der Waals surface area contributed by atoms with Gasteiger partial charge >= 0.3 is 0 Å². The molecule has 0 saturated carbocycles. The molecule has 0 bridgehead atoms. The highest BCUT2D eigenvalue weighted by Gasteiger charge is 2.34. The number of piperazine rings is 1.